The highest BCUT2D eigenvalue weighted by Crippen LogP contribution is 2.27. The molecule has 0 radical (unpaired) electrons. The van der Waals surface area contributed by atoms with Gasteiger partial charge in [0.15, 0.2) is 5.82 Å². The van der Waals surface area contributed by atoms with E-state index < -0.39 is 10.0 Å². The number of aryl methyl sites for hydroxylation is 1. The Kier molecular flexibility index (Phi) is 3.90. The van der Waals surface area contributed by atoms with E-state index in [1.54, 1.807) is 7.05 Å². The number of rotatable bonds is 3. The van der Waals surface area contributed by atoms with E-state index in [-0.39, 0.29) is 26.3 Å². The minimum absolute atomic E-state index is 0.0244. The number of nitriles is 1. The van der Waals surface area contributed by atoms with Crippen molar-refractivity contribution in [2.24, 2.45) is 7.05 Å². The van der Waals surface area contributed by atoms with E-state index in [2.05, 4.69) is 9.82 Å². The SMILES string of the molecule is Cn1cc(C#N)c(NS(=O)(=O)c2cc(Cl)ccc2Cl)n1. The molecule has 0 saturated heterocycles. The van der Waals surface area contributed by atoms with Gasteiger partial charge in [-0.2, -0.15) is 10.4 Å². The minimum atomic E-state index is -3.98. The lowest BCUT2D eigenvalue weighted by atomic mass is 10.4. The van der Waals surface area contributed by atoms with Crippen molar-refractivity contribution >= 4 is 39.0 Å². The third kappa shape index (κ3) is 2.88. The Morgan fingerprint density at radius 1 is 1.40 bits per heavy atom. The van der Waals surface area contributed by atoms with E-state index in [9.17, 15) is 8.42 Å². The summed E-state index contributed by atoms with van der Waals surface area (Å²) in [6, 6.07) is 5.92. The zero-order chi connectivity index (χ0) is 14.9. The quantitative estimate of drug-likeness (QED) is 0.935. The molecule has 1 N–H and O–H groups in total. The van der Waals surface area contributed by atoms with Crippen molar-refractivity contribution in [3.8, 4) is 6.07 Å². The molecule has 0 atom stereocenters. The highest BCUT2D eigenvalue weighted by atomic mass is 35.5. The van der Waals surface area contributed by atoms with Crippen LogP contribution < -0.4 is 4.72 Å². The van der Waals surface area contributed by atoms with E-state index in [0.717, 1.165) is 0 Å². The van der Waals surface area contributed by atoms with Crippen molar-refractivity contribution in [3.05, 3.63) is 40.0 Å². The number of aromatic nitrogens is 2. The Balaban J connectivity index is 2.46. The number of benzene rings is 1. The summed E-state index contributed by atoms with van der Waals surface area (Å²) in [6.45, 7) is 0. The summed E-state index contributed by atoms with van der Waals surface area (Å²) in [5, 5.41) is 13.0. The molecule has 104 valence electrons. The molecule has 0 aliphatic rings. The number of sulfonamides is 1. The molecule has 20 heavy (non-hydrogen) atoms. The average molecular weight is 331 g/mol. The van der Waals surface area contributed by atoms with Crippen molar-refractivity contribution in [1.82, 2.24) is 9.78 Å². The van der Waals surface area contributed by atoms with Gasteiger partial charge < -0.3 is 0 Å². The fourth-order valence-electron chi connectivity index (χ4n) is 1.51. The lowest BCUT2D eigenvalue weighted by molar-refractivity contribution is 0.601. The molecule has 2 rings (SSSR count). The lowest BCUT2D eigenvalue weighted by Crippen LogP contribution is -2.14. The van der Waals surface area contributed by atoms with Gasteiger partial charge in [-0.1, -0.05) is 23.2 Å². The molecule has 0 saturated carbocycles. The van der Waals surface area contributed by atoms with Crippen LogP contribution in [-0.4, -0.2) is 18.2 Å². The van der Waals surface area contributed by atoms with Crippen LogP contribution in [0.5, 0.6) is 0 Å². The summed E-state index contributed by atoms with van der Waals surface area (Å²) in [7, 11) is -2.40. The number of hydrogen-bond acceptors (Lipinski definition) is 4. The van der Waals surface area contributed by atoms with Crippen molar-refractivity contribution in [3.63, 3.8) is 0 Å². The van der Waals surface area contributed by atoms with E-state index in [1.807, 2.05) is 6.07 Å². The molecule has 0 aliphatic heterocycles. The number of anilines is 1. The summed E-state index contributed by atoms with van der Waals surface area (Å²) < 4.78 is 28.0. The molecule has 0 fully saturated rings. The van der Waals surface area contributed by atoms with E-state index in [1.165, 1.54) is 29.1 Å². The van der Waals surface area contributed by atoms with Gasteiger partial charge in [-0.15, -0.1) is 0 Å². The second-order valence-corrected chi connectivity index (χ2v) is 6.35. The first kappa shape index (κ1) is 14.7. The van der Waals surface area contributed by atoms with Gasteiger partial charge in [0.25, 0.3) is 10.0 Å². The fraction of sp³-hybridized carbons (Fsp3) is 0.0909. The molecule has 0 aliphatic carbocycles. The fourth-order valence-corrected chi connectivity index (χ4v) is 3.29. The van der Waals surface area contributed by atoms with Gasteiger partial charge in [0.2, 0.25) is 0 Å². The summed E-state index contributed by atoms with van der Waals surface area (Å²) in [4.78, 5) is -0.179. The van der Waals surface area contributed by atoms with Gasteiger partial charge in [0, 0.05) is 18.3 Å². The number of halogens is 2. The Bertz CT molecular complexity index is 808. The van der Waals surface area contributed by atoms with Gasteiger partial charge in [-0.3, -0.25) is 9.40 Å². The van der Waals surface area contributed by atoms with Crippen LogP contribution in [0.4, 0.5) is 5.82 Å². The Morgan fingerprint density at radius 2 is 2.10 bits per heavy atom. The molecule has 1 aromatic carbocycles. The summed E-state index contributed by atoms with van der Waals surface area (Å²) in [5.74, 6) is -0.0638. The van der Waals surface area contributed by atoms with Crippen LogP contribution in [0.2, 0.25) is 10.0 Å². The Labute approximate surface area is 125 Å². The van der Waals surface area contributed by atoms with Crippen LogP contribution in [-0.2, 0) is 17.1 Å². The summed E-state index contributed by atoms with van der Waals surface area (Å²) in [5.41, 5.74) is 0.106. The highest BCUT2D eigenvalue weighted by Gasteiger charge is 2.21. The van der Waals surface area contributed by atoms with Gasteiger partial charge in [0.05, 0.1) is 5.02 Å². The molecule has 0 amide bonds. The van der Waals surface area contributed by atoms with Crippen LogP contribution in [0, 0.1) is 11.3 Å². The Morgan fingerprint density at radius 3 is 2.75 bits per heavy atom. The minimum Gasteiger partial charge on any atom is -0.272 e. The van der Waals surface area contributed by atoms with E-state index >= 15 is 0 Å². The number of nitrogens with one attached hydrogen (secondary N) is 1. The molecule has 9 heteroatoms. The molecule has 1 aromatic heterocycles. The van der Waals surface area contributed by atoms with Crippen molar-refractivity contribution in [2.75, 3.05) is 4.72 Å². The topological polar surface area (TPSA) is 87.8 Å². The third-order valence-electron chi connectivity index (χ3n) is 2.36. The largest absolute Gasteiger partial charge is 0.272 e. The van der Waals surface area contributed by atoms with Crippen molar-refractivity contribution in [1.29, 1.82) is 5.26 Å². The Hall–Kier alpha value is -1.75. The number of hydrogen-bond donors (Lipinski definition) is 1. The maximum absolute atomic E-state index is 12.2. The predicted molar refractivity (Wildman–Crippen MR) is 75.2 cm³/mol. The normalized spacial score (nSPS) is 11.1. The first-order valence-electron chi connectivity index (χ1n) is 5.25. The standard InChI is InChI=1S/C11H8Cl2N4O2S/c1-17-6-7(5-14)11(15-17)16-20(18,19)10-4-8(12)2-3-9(10)13/h2-4,6H,1H3,(H,15,16). The van der Waals surface area contributed by atoms with Gasteiger partial charge >= 0.3 is 0 Å². The average Bonchev–Trinajstić information content (AvgIpc) is 2.71. The number of nitrogens with zero attached hydrogens (tertiary/aromatic N) is 3. The van der Waals surface area contributed by atoms with Crippen LogP contribution in [0.15, 0.2) is 29.3 Å². The molecule has 2 aromatic rings. The summed E-state index contributed by atoms with van der Waals surface area (Å²) in [6.07, 6.45) is 1.40. The molecular formula is C11H8Cl2N4O2S. The van der Waals surface area contributed by atoms with Crippen molar-refractivity contribution < 1.29 is 8.42 Å². The molecule has 0 bridgehead atoms. The van der Waals surface area contributed by atoms with Gasteiger partial charge in [-0.25, -0.2) is 8.42 Å². The summed E-state index contributed by atoms with van der Waals surface area (Å²) >= 11 is 11.6. The zero-order valence-corrected chi connectivity index (χ0v) is 12.5. The van der Waals surface area contributed by atoms with Gasteiger partial charge in [-0.05, 0) is 18.2 Å². The lowest BCUT2D eigenvalue weighted by Gasteiger charge is -2.08. The maximum Gasteiger partial charge on any atom is 0.264 e. The maximum atomic E-state index is 12.2. The predicted octanol–water partition coefficient (Wildman–Crippen LogP) is 2.40. The van der Waals surface area contributed by atoms with Crippen molar-refractivity contribution in [2.45, 2.75) is 4.90 Å². The van der Waals surface area contributed by atoms with E-state index in [0.29, 0.717) is 0 Å². The smallest absolute Gasteiger partial charge is 0.264 e. The van der Waals surface area contributed by atoms with Crippen LogP contribution in [0.1, 0.15) is 5.56 Å². The molecule has 0 unspecified atom stereocenters. The third-order valence-corrected chi connectivity index (χ3v) is 4.42. The monoisotopic (exact) mass is 330 g/mol. The second kappa shape index (κ2) is 5.32. The molecule has 1 heterocycles. The van der Waals surface area contributed by atoms with E-state index in [4.69, 9.17) is 28.5 Å². The van der Waals surface area contributed by atoms with Crippen LogP contribution >= 0.6 is 23.2 Å². The first-order chi connectivity index (χ1) is 9.33. The first-order valence-corrected chi connectivity index (χ1v) is 7.49. The van der Waals surface area contributed by atoms with Crippen LogP contribution in [0.3, 0.4) is 0 Å². The van der Waals surface area contributed by atoms with Gasteiger partial charge in [0.1, 0.15) is 16.5 Å². The second-order valence-electron chi connectivity index (χ2n) is 3.86. The molecule has 6 nitrogen and oxygen atoms in total. The zero-order valence-electron chi connectivity index (χ0n) is 10.1. The molecule has 0 spiro atoms. The van der Waals surface area contributed by atoms with Crippen LogP contribution in [0.25, 0.3) is 0 Å². The molecular weight excluding hydrogens is 323 g/mol. The highest BCUT2D eigenvalue weighted by molar-refractivity contribution is 7.92.